The van der Waals surface area contributed by atoms with Crippen LogP contribution in [0, 0.1) is 0 Å². The quantitative estimate of drug-likeness (QED) is 0.0324. The first-order valence-corrected chi connectivity index (χ1v) is 24.5. The molecule has 1 amide bonds. The summed E-state index contributed by atoms with van der Waals surface area (Å²) in [6.45, 7) is 6.33. The molecule has 3 atom stereocenters. The number of hydrogen-bond acceptors (Lipinski definition) is 5. The molecule has 0 aliphatic carbocycles. The molecule has 0 bridgehead atoms. The maximum Gasteiger partial charge on any atom is 0.306 e. The van der Waals surface area contributed by atoms with Crippen molar-refractivity contribution in [3.05, 3.63) is 60.8 Å². The van der Waals surface area contributed by atoms with E-state index in [4.69, 9.17) is 4.74 Å². The van der Waals surface area contributed by atoms with Gasteiger partial charge in [0.15, 0.2) is 0 Å². The Kier molecular flexibility index (Phi) is 43.7. The van der Waals surface area contributed by atoms with E-state index in [1.165, 1.54) is 103 Å². The van der Waals surface area contributed by atoms with Gasteiger partial charge in [0.05, 0.1) is 25.2 Å². The molecule has 336 valence electrons. The predicted octanol–water partition coefficient (Wildman–Crippen LogP) is 14.5. The van der Waals surface area contributed by atoms with Gasteiger partial charge in [-0.05, 0) is 64.2 Å². The SMILES string of the molecule is CC/C=C\C/C=C\C/C=C\C/C=C\C/C=C\CCCC(CC(=O)NC(CO)C(O)CCCCCCCCCCCCC)OC(=O)CCCCCCCCCCCCC. The van der Waals surface area contributed by atoms with E-state index >= 15 is 0 Å². The van der Waals surface area contributed by atoms with Crippen LogP contribution in [-0.4, -0.2) is 46.9 Å². The van der Waals surface area contributed by atoms with Crippen molar-refractivity contribution >= 4 is 11.9 Å². The Balaban J connectivity index is 4.71. The number of carbonyl (C=O) groups is 2. The van der Waals surface area contributed by atoms with E-state index in [-0.39, 0.29) is 24.9 Å². The normalized spacial score (nSPS) is 13.8. The van der Waals surface area contributed by atoms with Gasteiger partial charge in [-0.15, -0.1) is 0 Å². The summed E-state index contributed by atoms with van der Waals surface area (Å²) in [4.78, 5) is 26.0. The number of ether oxygens (including phenoxy) is 1. The Bertz CT molecular complexity index is 1050. The summed E-state index contributed by atoms with van der Waals surface area (Å²) in [5.74, 6) is -0.529. The Hall–Kier alpha value is -2.44. The molecule has 0 saturated heterocycles. The average molecular weight is 812 g/mol. The van der Waals surface area contributed by atoms with E-state index in [1.807, 2.05) is 0 Å². The van der Waals surface area contributed by atoms with E-state index in [0.717, 1.165) is 83.5 Å². The molecule has 0 fully saturated rings. The molecule has 6 heteroatoms. The number of aliphatic hydroxyl groups excluding tert-OH is 2. The number of rotatable bonds is 43. The highest BCUT2D eigenvalue weighted by atomic mass is 16.5. The number of esters is 1. The van der Waals surface area contributed by atoms with E-state index in [9.17, 15) is 19.8 Å². The van der Waals surface area contributed by atoms with Crippen molar-refractivity contribution in [1.29, 1.82) is 0 Å². The fourth-order valence-electron chi connectivity index (χ4n) is 7.17. The molecule has 0 aliphatic rings. The molecule has 3 N–H and O–H groups in total. The lowest BCUT2D eigenvalue weighted by Gasteiger charge is -2.24. The number of nitrogens with one attached hydrogen (secondary N) is 1. The smallest absolute Gasteiger partial charge is 0.306 e. The Morgan fingerprint density at radius 3 is 1.38 bits per heavy atom. The monoisotopic (exact) mass is 812 g/mol. The van der Waals surface area contributed by atoms with E-state index < -0.39 is 18.2 Å². The Labute approximate surface area is 358 Å². The molecule has 0 rings (SSSR count). The molecular formula is C52H93NO5. The molecule has 0 spiro atoms. The molecular weight excluding hydrogens is 719 g/mol. The maximum absolute atomic E-state index is 13.2. The number of allylic oxidation sites excluding steroid dienone is 10. The van der Waals surface area contributed by atoms with Crippen LogP contribution in [0.5, 0.6) is 0 Å². The molecule has 0 saturated carbocycles. The summed E-state index contributed by atoms with van der Waals surface area (Å²) in [5, 5.41) is 23.7. The molecule has 0 aromatic heterocycles. The zero-order chi connectivity index (χ0) is 42.4. The van der Waals surface area contributed by atoms with Gasteiger partial charge in [-0.25, -0.2) is 0 Å². The minimum absolute atomic E-state index is 0.0390. The molecule has 0 aliphatic heterocycles. The minimum atomic E-state index is -0.801. The van der Waals surface area contributed by atoms with E-state index in [2.05, 4.69) is 86.8 Å². The summed E-state index contributed by atoms with van der Waals surface area (Å²) in [7, 11) is 0. The van der Waals surface area contributed by atoms with Crippen molar-refractivity contribution in [3.63, 3.8) is 0 Å². The fourth-order valence-corrected chi connectivity index (χ4v) is 7.17. The number of aliphatic hydroxyl groups is 2. The van der Waals surface area contributed by atoms with Crippen LogP contribution >= 0.6 is 0 Å². The topological polar surface area (TPSA) is 95.9 Å². The van der Waals surface area contributed by atoms with Gasteiger partial charge in [-0.2, -0.15) is 0 Å². The van der Waals surface area contributed by atoms with Crippen LogP contribution in [0.3, 0.4) is 0 Å². The van der Waals surface area contributed by atoms with Crippen LogP contribution in [-0.2, 0) is 14.3 Å². The molecule has 58 heavy (non-hydrogen) atoms. The van der Waals surface area contributed by atoms with Gasteiger partial charge >= 0.3 is 5.97 Å². The summed E-state index contributed by atoms with van der Waals surface area (Å²) in [6.07, 6.45) is 55.7. The van der Waals surface area contributed by atoms with Gasteiger partial charge in [-0.3, -0.25) is 9.59 Å². The molecule has 3 unspecified atom stereocenters. The summed E-state index contributed by atoms with van der Waals surface area (Å²) in [5.41, 5.74) is 0. The fraction of sp³-hybridized carbons (Fsp3) is 0.769. The van der Waals surface area contributed by atoms with Crippen molar-refractivity contribution in [2.75, 3.05) is 6.61 Å². The highest BCUT2D eigenvalue weighted by Gasteiger charge is 2.24. The number of amides is 1. The maximum atomic E-state index is 13.2. The number of unbranched alkanes of at least 4 members (excludes halogenated alkanes) is 21. The highest BCUT2D eigenvalue weighted by Crippen LogP contribution is 2.17. The third-order valence-corrected chi connectivity index (χ3v) is 10.9. The third kappa shape index (κ3) is 40.3. The van der Waals surface area contributed by atoms with Gasteiger partial charge in [0, 0.05) is 6.42 Å². The van der Waals surface area contributed by atoms with Crippen LogP contribution in [0.1, 0.15) is 233 Å². The summed E-state index contributed by atoms with van der Waals surface area (Å²) in [6, 6.07) is -0.718. The van der Waals surface area contributed by atoms with Crippen LogP contribution in [0.4, 0.5) is 0 Å². The first-order chi connectivity index (χ1) is 28.5. The molecule has 6 nitrogen and oxygen atoms in total. The van der Waals surface area contributed by atoms with Crippen molar-refractivity contribution in [2.45, 2.75) is 251 Å². The lowest BCUT2D eigenvalue weighted by molar-refractivity contribution is -0.151. The van der Waals surface area contributed by atoms with Crippen molar-refractivity contribution in [1.82, 2.24) is 5.32 Å². The molecule has 0 aromatic carbocycles. The Morgan fingerprint density at radius 1 is 0.517 bits per heavy atom. The first kappa shape index (κ1) is 55.6. The molecule has 0 heterocycles. The van der Waals surface area contributed by atoms with Gasteiger partial charge in [-0.1, -0.05) is 216 Å². The lowest BCUT2D eigenvalue weighted by Crippen LogP contribution is -2.46. The number of carbonyl (C=O) groups excluding carboxylic acids is 2. The minimum Gasteiger partial charge on any atom is -0.462 e. The van der Waals surface area contributed by atoms with Crippen molar-refractivity contribution < 1.29 is 24.5 Å². The van der Waals surface area contributed by atoms with Gasteiger partial charge in [0.2, 0.25) is 5.91 Å². The second kappa shape index (κ2) is 45.6. The molecule has 0 aromatic rings. The summed E-state index contributed by atoms with van der Waals surface area (Å²) < 4.78 is 5.89. The third-order valence-electron chi connectivity index (χ3n) is 10.9. The zero-order valence-electron chi connectivity index (χ0n) is 38.2. The standard InChI is InChI=1S/C52H93NO5/c1-4-7-10-13-16-19-22-23-24-25-26-27-30-31-34-37-40-43-48(58-52(57)45-42-39-36-33-29-21-18-15-12-9-6-3)46-51(56)53-49(47-54)50(55)44-41-38-35-32-28-20-17-14-11-8-5-2/h7,10,16,19,23-24,26-27,31,34,48-50,54-55H,4-6,8-9,11-15,17-18,20-22,25,28-30,32-33,35-47H2,1-3H3,(H,53,56)/b10-7-,19-16-,24-23-,27-26-,34-31-. The number of hydrogen-bond donors (Lipinski definition) is 3. The Morgan fingerprint density at radius 2 is 0.931 bits per heavy atom. The highest BCUT2D eigenvalue weighted by molar-refractivity contribution is 5.77. The van der Waals surface area contributed by atoms with Gasteiger partial charge < -0.3 is 20.3 Å². The summed E-state index contributed by atoms with van der Waals surface area (Å²) >= 11 is 0. The van der Waals surface area contributed by atoms with Crippen LogP contribution in [0.2, 0.25) is 0 Å². The van der Waals surface area contributed by atoms with Gasteiger partial charge in [0.1, 0.15) is 6.10 Å². The van der Waals surface area contributed by atoms with Crippen LogP contribution < -0.4 is 5.32 Å². The zero-order valence-corrected chi connectivity index (χ0v) is 38.2. The lowest BCUT2D eigenvalue weighted by atomic mass is 10.0. The molecule has 0 radical (unpaired) electrons. The second-order valence-corrected chi connectivity index (χ2v) is 16.5. The second-order valence-electron chi connectivity index (χ2n) is 16.5. The van der Waals surface area contributed by atoms with E-state index in [0.29, 0.717) is 19.3 Å². The van der Waals surface area contributed by atoms with Gasteiger partial charge in [0.25, 0.3) is 0 Å². The van der Waals surface area contributed by atoms with E-state index in [1.54, 1.807) is 0 Å². The van der Waals surface area contributed by atoms with Crippen LogP contribution in [0.15, 0.2) is 60.8 Å². The predicted molar refractivity (Wildman–Crippen MR) is 250 cm³/mol. The van der Waals surface area contributed by atoms with Crippen molar-refractivity contribution in [3.8, 4) is 0 Å². The first-order valence-electron chi connectivity index (χ1n) is 24.5. The van der Waals surface area contributed by atoms with Crippen molar-refractivity contribution in [2.24, 2.45) is 0 Å². The average Bonchev–Trinajstić information content (AvgIpc) is 3.22. The largest absolute Gasteiger partial charge is 0.462 e. The van der Waals surface area contributed by atoms with Crippen LogP contribution in [0.25, 0.3) is 0 Å².